The van der Waals surface area contributed by atoms with Crippen LogP contribution in [0.25, 0.3) is 11.3 Å². The highest BCUT2D eigenvalue weighted by Gasteiger charge is 2.14. The first-order valence-corrected chi connectivity index (χ1v) is 7.22. The Bertz CT molecular complexity index is 519. The lowest BCUT2D eigenvalue weighted by Gasteiger charge is -2.09. The summed E-state index contributed by atoms with van der Waals surface area (Å²) < 4.78 is 5.59. The standard InChI is InChI=1S/C14H17NO3S/c1-2-3-14(17)15-8-11(16)13-5-4-12(18-13)10-6-7-19-9-10/h4-7,9,11,16H,2-3,8H2,1H3,(H,15,17)/t11-/m0/s1. The fourth-order valence-corrected chi connectivity index (χ4v) is 2.36. The molecule has 0 unspecified atom stereocenters. The first-order valence-electron chi connectivity index (χ1n) is 6.27. The highest BCUT2D eigenvalue weighted by atomic mass is 32.1. The molecule has 0 bridgehead atoms. The number of thiophene rings is 1. The molecule has 2 heterocycles. The lowest BCUT2D eigenvalue weighted by atomic mass is 10.2. The number of amides is 1. The molecular weight excluding hydrogens is 262 g/mol. The van der Waals surface area contributed by atoms with Gasteiger partial charge in [-0.05, 0) is 30.0 Å². The Morgan fingerprint density at radius 3 is 3.00 bits per heavy atom. The van der Waals surface area contributed by atoms with Gasteiger partial charge < -0.3 is 14.8 Å². The highest BCUT2D eigenvalue weighted by Crippen LogP contribution is 2.26. The monoisotopic (exact) mass is 279 g/mol. The molecular formula is C14H17NO3S. The summed E-state index contributed by atoms with van der Waals surface area (Å²) in [6, 6.07) is 5.53. The van der Waals surface area contributed by atoms with Crippen molar-refractivity contribution in [2.75, 3.05) is 6.54 Å². The maximum absolute atomic E-state index is 11.3. The first-order chi connectivity index (χ1) is 9.20. The van der Waals surface area contributed by atoms with Crippen LogP contribution < -0.4 is 5.32 Å². The Balaban J connectivity index is 1.93. The molecule has 2 aromatic rings. The van der Waals surface area contributed by atoms with E-state index in [0.717, 1.165) is 17.7 Å². The largest absolute Gasteiger partial charge is 0.458 e. The van der Waals surface area contributed by atoms with Crippen LogP contribution in [0.2, 0.25) is 0 Å². The molecule has 0 spiro atoms. The number of nitrogens with one attached hydrogen (secondary N) is 1. The Labute approximate surface area is 116 Å². The fourth-order valence-electron chi connectivity index (χ4n) is 1.72. The smallest absolute Gasteiger partial charge is 0.220 e. The SMILES string of the molecule is CCCC(=O)NC[C@H](O)c1ccc(-c2ccsc2)o1. The molecule has 0 saturated heterocycles. The minimum Gasteiger partial charge on any atom is -0.458 e. The van der Waals surface area contributed by atoms with Crippen LogP contribution in [0.3, 0.4) is 0 Å². The summed E-state index contributed by atoms with van der Waals surface area (Å²) in [6.45, 7) is 2.12. The van der Waals surface area contributed by atoms with Crippen molar-refractivity contribution in [3.63, 3.8) is 0 Å². The molecule has 2 aromatic heterocycles. The summed E-state index contributed by atoms with van der Waals surface area (Å²) in [7, 11) is 0. The predicted octanol–water partition coefficient (Wildman–Crippen LogP) is 2.96. The van der Waals surface area contributed by atoms with Gasteiger partial charge in [0.05, 0.1) is 6.54 Å². The van der Waals surface area contributed by atoms with Crippen LogP contribution in [0, 0.1) is 0 Å². The van der Waals surface area contributed by atoms with Crippen molar-refractivity contribution in [3.05, 3.63) is 34.7 Å². The van der Waals surface area contributed by atoms with Crippen LogP contribution in [0.1, 0.15) is 31.6 Å². The summed E-state index contributed by atoms with van der Waals surface area (Å²) in [5.41, 5.74) is 0.999. The number of hydrogen-bond donors (Lipinski definition) is 2. The van der Waals surface area contributed by atoms with Crippen LogP contribution in [0.15, 0.2) is 33.4 Å². The number of aliphatic hydroxyl groups is 1. The maximum atomic E-state index is 11.3. The molecule has 4 nitrogen and oxygen atoms in total. The third-order valence-corrected chi connectivity index (χ3v) is 3.41. The van der Waals surface area contributed by atoms with E-state index in [4.69, 9.17) is 4.42 Å². The van der Waals surface area contributed by atoms with E-state index in [-0.39, 0.29) is 12.5 Å². The van der Waals surface area contributed by atoms with Crippen LogP contribution in [0.5, 0.6) is 0 Å². The second kappa shape index (κ2) is 6.54. The normalized spacial score (nSPS) is 12.3. The van der Waals surface area contributed by atoms with Gasteiger partial charge in [-0.3, -0.25) is 4.79 Å². The number of furan rings is 1. The molecule has 0 fully saturated rings. The summed E-state index contributed by atoms with van der Waals surface area (Å²) in [5.74, 6) is 1.15. The fraction of sp³-hybridized carbons (Fsp3) is 0.357. The van der Waals surface area contributed by atoms with Gasteiger partial charge in [0.1, 0.15) is 17.6 Å². The van der Waals surface area contributed by atoms with E-state index in [9.17, 15) is 9.90 Å². The first kappa shape index (κ1) is 13.8. The Hall–Kier alpha value is -1.59. The average Bonchev–Trinajstić information content (AvgIpc) is 3.06. The van der Waals surface area contributed by atoms with E-state index in [2.05, 4.69) is 5.32 Å². The minimum absolute atomic E-state index is 0.0498. The third-order valence-electron chi connectivity index (χ3n) is 2.73. The van der Waals surface area contributed by atoms with Crippen LogP contribution in [0.4, 0.5) is 0 Å². The van der Waals surface area contributed by atoms with E-state index in [1.54, 1.807) is 17.4 Å². The van der Waals surface area contributed by atoms with E-state index in [1.807, 2.05) is 29.8 Å². The second-order valence-electron chi connectivity index (χ2n) is 4.28. The van der Waals surface area contributed by atoms with Crippen LogP contribution in [-0.2, 0) is 4.79 Å². The molecule has 0 aliphatic rings. The second-order valence-corrected chi connectivity index (χ2v) is 5.06. The molecule has 19 heavy (non-hydrogen) atoms. The topological polar surface area (TPSA) is 62.5 Å². The molecule has 5 heteroatoms. The lowest BCUT2D eigenvalue weighted by Crippen LogP contribution is -2.27. The lowest BCUT2D eigenvalue weighted by molar-refractivity contribution is -0.121. The van der Waals surface area contributed by atoms with E-state index in [0.29, 0.717) is 12.2 Å². The summed E-state index contributed by atoms with van der Waals surface area (Å²) in [6.07, 6.45) is 0.462. The summed E-state index contributed by atoms with van der Waals surface area (Å²) >= 11 is 1.59. The number of carbonyl (C=O) groups is 1. The van der Waals surface area contributed by atoms with Crippen molar-refractivity contribution in [1.82, 2.24) is 5.32 Å². The Morgan fingerprint density at radius 2 is 2.32 bits per heavy atom. The van der Waals surface area contributed by atoms with Crippen LogP contribution >= 0.6 is 11.3 Å². The Morgan fingerprint density at radius 1 is 1.47 bits per heavy atom. The molecule has 0 aliphatic heterocycles. The van der Waals surface area contributed by atoms with Crippen molar-refractivity contribution < 1.29 is 14.3 Å². The molecule has 102 valence electrons. The predicted molar refractivity (Wildman–Crippen MR) is 74.9 cm³/mol. The van der Waals surface area contributed by atoms with Crippen molar-refractivity contribution in [1.29, 1.82) is 0 Å². The van der Waals surface area contributed by atoms with Gasteiger partial charge in [-0.2, -0.15) is 11.3 Å². The zero-order valence-corrected chi connectivity index (χ0v) is 11.6. The number of carbonyl (C=O) groups excluding carboxylic acids is 1. The van der Waals surface area contributed by atoms with Crippen LogP contribution in [-0.4, -0.2) is 17.6 Å². The molecule has 1 atom stereocenters. The van der Waals surface area contributed by atoms with Crippen molar-refractivity contribution in [2.24, 2.45) is 0 Å². The highest BCUT2D eigenvalue weighted by molar-refractivity contribution is 7.08. The van der Waals surface area contributed by atoms with E-state index >= 15 is 0 Å². The van der Waals surface area contributed by atoms with Gasteiger partial charge in [-0.25, -0.2) is 0 Å². The average molecular weight is 279 g/mol. The quantitative estimate of drug-likeness (QED) is 0.854. The van der Waals surface area contributed by atoms with Gasteiger partial charge in [0.15, 0.2) is 0 Å². The zero-order chi connectivity index (χ0) is 13.7. The molecule has 2 rings (SSSR count). The molecule has 0 aliphatic carbocycles. The maximum Gasteiger partial charge on any atom is 0.220 e. The van der Waals surface area contributed by atoms with Gasteiger partial charge in [-0.15, -0.1) is 0 Å². The van der Waals surface area contributed by atoms with Crippen molar-refractivity contribution in [2.45, 2.75) is 25.9 Å². The van der Waals surface area contributed by atoms with E-state index < -0.39 is 6.10 Å². The summed E-state index contributed by atoms with van der Waals surface area (Å²) in [5, 5.41) is 16.6. The Kier molecular flexibility index (Phi) is 4.76. The minimum atomic E-state index is -0.812. The van der Waals surface area contributed by atoms with Crippen molar-refractivity contribution in [3.8, 4) is 11.3 Å². The molecule has 1 amide bonds. The molecule has 0 saturated carbocycles. The van der Waals surface area contributed by atoms with Crippen molar-refractivity contribution >= 4 is 17.2 Å². The van der Waals surface area contributed by atoms with Gasteiger partial charge in [0, 0.05) is 17.4 Å². The number of aliphatic hydroxyl groups excluding tert-OH is 1. The zero-order valence-electron chi connectivity index (χ0n) is 10.8. The third kappa shape index (κ3) is 3.68. The van der Waals surface area contributed by atoms with Gasteiger partial charge in [-0.1, -0.05) is 6.92 Å². The van der Waals surface area contributed by atoms with E-state index in [1.165, 1.54) is 0 Å². The number of hydrogen-bond acceptors (Lipinski definition) is 4. The summed E-state index contributed by atoms with van der Waals surface area (Å²) in [4.78, 5) is 11.3. The van der Waals surface area contributed by atoms with Gasteiger partial charge >= 0.3 is 0 Å². The molecule has 0 radical (unpaired) electrons. The molecule has 0 aromatic carbocycles. The number of rotatable bonds is 6. The van der Waals surface area contributed by atoms with Gasteiger partial charge in [0.2, 0.25) is 5.91 Å². The molecule has 2 N–H and O–H groups in total. The van der Waals surface area contributed by atoms with Gasteiger partial charge in [0.25, 0.3) is 0 Å².